The molecule has 0 aliphatic heterocycles. The number of anilines is 1. The first kappa shape index (κ1) is 21.6. The van der Waals surface area contributed by atoms with Gasteiger partial charge in [0, 0.05) is 12.6 Å². The lowest BCUT2D eigenvalue weighted by molar-refractivity contribution is -0.611. The van der Waals surface area contributed by atoms with E-state index in [1.165, 1.54) is 30.8 Å². The number of methoxy groups -OCH3 is 1. The van der Waals surface area contributed by atoms with Crippen LogP contribution < -0.4 is 19.5 Å². The molecule has 0 spiro atoms. The molecule has 3 aromatic heterocycles. The molecule has 0 bridgehead atoms. The molecule has 0 radical (unpaired) electrons. The van der Waals surface area contributed by atoms with E-state index in [0.717, 1.165) is 16.6 Å². The molecule has 0 saturated carbocycles. The summed E-state index contributed by atoms with van der Waals surface area (Å²) in [4.78, 5) is 13.4. The van der Waals surface area contributed by atoms with E-state index < -0.39 is 17.6 Å². The van der Waals surface area contributed by atoms with Crippen molar-refractivity contribution in [1.29, 1.82) is 0 Å². The Balaban J connectivity index is 1.47. The topological polar surface area (TPSA) is 96.1 Å². The van der Waals surface area contributed by atoms with Crippen molar-refractivity contribution in [3.05, 3.63) is 64.7 Å². The third-order valence-electron chi connectivity index (χ3n) is 4.50. The maximum Gasteiger partial charge on any atom is 0.417 e. The van der Waals surface area contributed by atoms with Crippen LogP contribution in [0, 0.1) is 5.21 Å². The number of ether oxygens (including phenoxy) is 2. The van der Waals surface area contributed by atoms with Crippen molar-refractivity contribution in [2.75, 3.05) is 19.0 Å². The molecule has 32 heavy (non-hydrogen) atoms. The molecular formula is C20H16F3N5O3S. The number of halogens is 3. The summed E-state index contributed by atoms with van der Waals surface area (Å²) in [6.45, 7) is 0.543. The molecule has 8 nitrogen and oxygen atoms in total. The minimum atomic E-state index is -4.60. The average molecular weight is 463 g/mol. The Morgan fingerprint density at radius 1 is 1.12 bits per heavy atom. The van der Waals surface area contributed by atoms with Crippen molar-refractivity contribution in [2.24, 2.45) is 0 Å². The minimum absolute atomic E-state index is 0.119. The van der Waals surface area contributed by atoms with Gasteiger partial charge in [-0.2, -0.15) is 13.2 Å². The second-order valence-electron chi connectivity index (χ2n) is 6.57. The zero-order valence-electron chi connectivity index (χ0n) is 16.6. The van der Waals surface area contributed by atoms with E-state index >= 15 is 0 Å². The third-order valence-corrected chi connectivity index (χ3v) is 5.23. The van der Waals surface area contributed by atoms with Gasteiger partial charge in [-0.15, -0.1) is 16.1 Å². The summed E-state index contributed by atoms with van der Waals surface area (Å²) >= 11 is 1.42. The highest BCUT2D eigenvalue weighted by Gasteiger charge is 2.33. The van der Waals surface area contributed by atoms with Crippen LogP contribution >= 0.6 is 11.3 Å². The van der Waals surface area contributed by atoms with Gasteiger partial charge in [0.25, 0.3) is 0 Å². The molecule has 166 valence electrons. The van der Waals surface area contributed by atoms with Gasteiger partial charge < -0.3 is 20.0 Å². The van der Waals surface area contributed by atoms with Gasteiger partial charge in [0.1, 0.15) is 16.7 Å². The SMILES string of the molecule is COc1cc(CCNc2ncnc3scnc23)ccc1Oc1cc(C(F)(F)F)cc[n+]1[O-]. The molecule has 4 aromatic rings. The third kappa shape index (κ3) is 4.64. The summed E-state index contributed by atoms with van der Waals surface area (Å²) in [7, 11) is 1.40. The zero-order valence-corrected chi connectivity index (χ0v) is 17.4. The summed E-state index contributed by atoms with van der Waals surface area (Å²) in [5.41, 5.74) is 2.29. The molecule has 0 unspecified atom stereocenters. The van der Waals surface area contributed by atoms with E-state index in [-0.39, 0.29) is 16.2 Å². The van der Waals surface area contributed by atoms with Crippen LogP contribution in [0.4, 0.5) is 19.0 Å². The van der Waals surface area contributed by atoms with Crippen LogP contribution in [0.2, 0.25) is 0 Å². The predicted octanol–water partition coefficient (Wildman–Crippen LogP) is 4.19. The second-order valence-corrected chi connectivity index (χ2v) is 7.40. The lowest BCUT2D eigenvalue weighted by Gasteiger charge is -2.13. The normalized spacial score (nSPS) is 11.5. The summed E-state index contributed by atoms with van der Waals surface area (Å²) < 4.78 is 49.7. The summed E-state index contributed by atoms with van der Waals surface area (Å²) in [6, 6.07) is 6.30. The van der Waals surface area contributed by atoms with Crippen LogP contribution in [0.1, 0.15) is 11.1 Å². The summed E-state index contributed by atoms with van der Waals surface area (Å²) in [5.74, 6) is 0.522. The molecule has 1 aromatic carbocycles. The first-order valence-electron chi connectivity index (χ1n) is 9.28. The molecular weight excluding hydrogens is 447 g/mol. The Kier molecular flexibility index (Phi) is 5.95. The fraction of sp³-hybridized carbons (Fsp3) is 0.200. The average Bonchev–Trinajstić information content (AvgIpc) is 3.25. The van der Waals surface area contributed by atoms with Gasteiger partial charge in [-0.3, -0.25) is 0 Å². The Hall–Kier alpha value is -3.67. The molecule has 1 N–H and O–H groups in total. The van der Waals surface area contributed by atoms with Crippen LogP contribution in [-0.4, -0.2) is 28.6 Å². The van der Waals surface area contributed by atoms with E-state index in [0.29, 0.717) is 36.4 Å². The lowest BCUT2D eigenvalue weighted by Crippen LogP contribution is -2.28. The summed E-state index contributed by atoms with van der Waals surface area (Å²) in [5, 5.41) is 15.1. The van der Waals surface area contributed by atoms with Crippen molar-refractivity contribution < 1.29 is 27.4 Å². The molecule has 0 atom stereocenters. The monoisotopic (exact) mass is 463 g/mol. The predicted molar refractivity (Wildman–Crippen MR) is 111 cm³/mol. The second kappa shape index (κ2) is 8.83. The van der Waals surface area contributed by atoms with E-state index in [4.69, 9.17) is 9.47 Å². The highest BCUT2D eigenvalue weighted by atomic mass is 32.1. The maximum atomic E-state index is 12.9. The number of alkyl halides is 3. The zero-order chi connectivity index (χ0) is 22.7. The van der Waals surface area contributed by atoms with Gasteiger partial charge in [0.2, 0.25) is 0 Å². The molecule has 12 heteroatoms. The van der Waals surface area contributed by atoms with Gasteiger partial charge in [-0.25, -0.2) is 15.0 Å². The quantitative estimate of drug-likeness (QED) is 0.324. The molecule has 0 aliphatic rings. The van der Waals surface area contributed by atoms with E-state index in [1.54, 1.807) is 17.6 Å². The van der Waals surface area contributed by atoms with Crippen molar-refractivity contribution in [3.8, 4) is 17.4 Å². The minimum Gasteiger partial charge on any atom is -0.616 e. The number of thiazole rings is 1. The van der Waals surface area contributed by atoms with Gasteiger partial charge in [-0.05, 0) is 24.1 Å². The number of aromatic nitrogens is 4. The number of fused-ring (bicyclic) bond motifs is 1. The van der Waals surface area contributed by atoms with Crippen LogP contribution in [0.15, 0.2) is 48.4 Å². The maximum absolute atomic E-state index is 12.9. The number of rotatable bonds is 7. The molecule has 3 heterocycles. The number of nitrogens with one attached hydrogen (secondary N) is 1. The fourth-order valence-corrected chi connectivity index (χ4v) is 3.56. The number of hydrogen-bond donors (Lipinski definition) is 1. The molecule has 0 fully saturated rings. The highest BCUT2D eigenvalue weighted by molar-refractivity contribution is 7.16. The van der Waals surface area contributed by atoms with Crippen LogP contribution in [-0.2, 0) is 12.6 Å². The molecule has 0 amide bonds. The van der Waals surface area contributed by atoms with Crippen LogP contribution in [0.5, 0.6) is 17.4 Å². The Morgan fingerprint density at radius 2 is 1.97 bits per heavy atom. The van der Waals surface area contributed by atoms with Crippen LogP contribution in [0.3, 0.4) is 0 Å². The van der Waals surface area contributed by atoms with Crippen molar-refractivity contribution >= 4 is 27.5 Å². The standard InChI is InChI=1S/C20H16F3N5O3S/c1-30-15-8-12(4-6-24-18-17-19(26-10-25-18)32-11-27-17)2-3-14(15)31-16-9-13(20(21,22)23)5-7-28(16)29/h2-3,5,7-11H,4,6H2,1H3,(H,24,25,26). The van der Waals surface area contributed by atoms with Crippen molar-refractivity contribution in [3.63, 3.8) is 0 Å². The first-order chi connectivity index (χ1) is 15.3. The highest BCUT2D eigenvalue weighted by Crippen LogP contribution is 2.34. The number of pyridine rings is 1. The first-order valence-corrected chi connectivity index (χ1v) is 10.2. The van der Waals surface area contributed by atoms with Crippen molar-refractivity contribution in [2.45, 2.75) is 12.6 Å². The number of nitrogens with zero attached hydrogens (tertiary/aromatic N) is 4. The Morgan fingerprint density at radius 3 is 2.75 bits per heavy atom. The van der Waals surface area contributed by atoms with Gasteiger partial charge in [0.05, 0.1) is 24.3 Å². The summed E-state index contributed by atoms with van der Waals surface area (Å²) in [6.07, 6.45) is -1.79. The van der Waals surface area contributed by atoms with E-state index in [9.17, 15) is 18.4 Å². The van der Waals surface area contributed by atoms with Gasteiger partial charge in [-0.1, -0.05) is 6.07 Å². The smallest absolute Gasteiger partial charge is 0.417 e. The molecule has 0 saturated heterocycles. The number of benzene rings is 1. The van der Waals surface area contributed by atoms with E-state index in [2.05, 4.69) is 20.3 Å². The number of hydrogen-bond acceptors (Lipinski definition) is 8. The van der Waals surface area contributed by atoms with Crippen molar-refractivity contribution in [1.82, 2.24) is 15.0 Å². The molecule has 4 rings (SSSR count). The lowest BCUT2D eigenvalue weighted by atomic mass is 10.1. The molecule has 0 aliphatic carbocycles. The van der Waals surface area contributed by atoms with E-state index in [1.807, 2.05) is 0 Å². The fourth-order valence-electron chi connectivity index (χ4n) is 2.93. The largest absolute Gasteiger partial charge is 0.616 e. The van der Waals surface area contributed by atoms with Gasteiger partial charge in [0.15, 0.2) is 23.5 Å². The Labute approximate surface area is 183 Å². The Bertz CT molecular complexity index is 1250. The van der Waals surface area contributed by atoms with Crippen LogP contribution in [0.25, 0.3) is 10.3 Å². The van der Waals surface area contributed by atoms with Gasteiger partial charge >= 0.3 is 12.1 Å².